The van der Waals surface area contributed by atoms with Crippen LogP contribution in [-0.4, -0.2) is 22.3 Å². The number of carboxylic acid groups (broad SMARTS) is 1. The maximum absolute atomic E-state index is 10.7. The van der Waals surface area contributed by atoms with Crippen LogP contribution in [0.4, 0.5) is 0 Å². The van der Waals surface area contributed by atoms with E-state index in [-0.39, 0.29) is 4.88 Å². The second-order valence-electron chi connectivity index (χ2n) is 3.06. The molecule has 0 fully saturated rings. The zero-order chi connectivity index (χ0) is 11.5. The van der Waals surface area contributed by atoms with Crippen LogP contribution in [0.1, 0.15) is 20.0 Å². The van der Waals surface area contributed by atoms with Crippen molar-refractivity contribution in [2.75, 3.05) is 0 Å². The molecule has 1 N–H and O–H groups in total. The van der Waals surface area contributed by atoms with Crippen molar-refractivity contribution in [3.63, 3.8) is 0 Å². The molecule has 5 heteroatoms. The summed E-state index contributed by atoms with van der Waals surface area (Å²) in [4.78, 5) is 26.2. The number of thiophene rings is 1. The first-order chi connectivity index (χ1) is 7.70. The summed E-state index contributed by atoms with van der Waals surface area (Å²) in [7, 11) is 0. The van der Waals surface area contributed by atoms with E-state index in [2.05, 4.69) is 4.98 Å². The molecule has 0 aliphatic heterocycles. The lowest BCUT2D eigenvalue weighted by molar-refractivity contribution is 0.0702. The summed E-state index contributed by atoms with van der Waals surface area (Å²) in [6, 6.07) is 6.59. The average Bonchev–Trinajstić information content (AvgIpc) is 2.78. The molecular formula is C11H7NO3S. The Bertz CT molecular complexity index is 530. The van der Waals surface area contributed by atoms with Crippen LogP contribution in [0.3, 0.4) is 0 Å². The van der Waals surface area contributed by atoms with E-state index in [1.165, 1.54) is 12.3 Å². The third-order valence-corrected chi connectivity index (χ3v) is 3.09. The fourth-order valence-electron chi connectivity index (χ4n) is 1.21. The zero-order valence-corrected chi connectivity index (χ0v) is 8.90. The number of carbonyl (C=O) groups is 2. The lowest BCUT2D eigenvalue weighted by Crippen LogP contribution is -1.89. The molecule has 2 aromatic heterocycles. The first kappa shape index (κ1) is 10.5. The molecule has 0 spiro atoms. The Morgan fingerprint density at radius 3 is 2.62 bits per heavy atom. The molecule has 0 bridgehead atoms. The zero-order valence-electron chi connectivity index (χ0n) is 8.08. The summed E-state index contributed by atoms with van der Waals surface area (Å²) in [5.41, 5.74) is 1.17. The van der Waals surface area contributed by atoms with Gasteiger partial charge in [0.2, 0.25) is 0 Å². The number of nitrogens with zero attached hydrogens (tertiary/aromatic N) is 1. The highest BCUT2D eigenvalue weighted by Crippen LogP contribution is 2.26. The quantitative estimate of drug-likeness (QED) is 0.826. The van der Waals surface area contributed by atoms with Gasteiger partial charge in [-0.3, -0.25) is 9.78 Å². The van der Waals surface area contributed by atoms with Crippen molar-refractivity contribution in [2.45, 2.75) is 0 Å². The number of pyridine rings is 1. The van der Waals surface area contributed by atoms with Gasteiger partial charge in [-0.1, -0.05) is 0 Å². The number of carbonyl (C=O) groups excluding carboxylic acids is 1. The molecule has 0 amide bonds. The number of hydrogen-bond acceptors (Lipinski definition) is 4. The van der Waals surface area contributed by atoms with E-state index in [1.54, 1.807) is 18.2 Å². The van der Waals surface area contributed by atoms with Crippen LogP contribution in [0.5, 0.6) is 0 Å². The third kappa shape index (κ3) is 1.99. The molecule has 2 aromatic rings. The monoisotopic (exact) mass is 233 g/mol. The number of aromatic carboxylic acids is 1. The Morgan fingerprint density at radius 2 is 2.12 bits per heavy atom. The van der Waals surface area contributed by atoms with Gasteiger partial charge in [-0.2, -0.15) is 0 Å². The van der Waals surface area contributed by atoms with Crippen molar-refractivity contribution < 1.29 is 14.7 Å². The van der Waals surface area contributed by atoms with Gasteiger partial charge in [0.25, 0.3) is 0 Å². The van der Waals surface area contributed by atoms with Crippen LogP contribution >= 0.6 is 11.3 Å². The Balaban J connectivity index is 2.35. The maximum atomic E-state index is 10.7. The summed E-state index contributed by atoms with van der Waals surface area (Å²) in [6.45, 7) is 0. The highest BCUT2D eigenvalue weighted by Gasteiger charge is 2.08. The van der Waals surface area contributed by atoms with Crippen LogP contribution < -0.4 is 0 Å². The second kappa shape index (κ2) is 4.24. The minimum Gasteiger partial charge on any atom is -0.477 e. The molecule has 16 heavy (non-hydrogen) atoms. The lowest BCUT2D eigenvalue weighted by atomic mass is 10.2. The molecule has 2 heterocycles. The predicted octanol–water partition coefficient (Wildman–Crippen LogP) is 2.32. The highest BCUT2D eigenvalue weighted by molar-refractivity contribution is 7.17. The van der Waals surface area contributed by atoms with Crippen LogP contribution in [0, 0.1) is 0 Å². The smallest absolute Gasteiger partial charge is 0.345 e. The standard InChI is InChI=1S/C11H7NO3S/c13-6-7-1-2-8(12-5-7)9-3-4-10(16-9)11(14)15/h1-6H,(H,14,15). The van der Waals surface area contributed by atoms with Crippen LogP contribution in [0.2, 0.25) is 0 Å². The fourth-order valence-corrected chi connectivity index (χ4v) is 2.03. The molecule has 0 aliphatic carbocycles. The average molecular weight is 233 g/mol. The van der Waals surface area contributed by atoms with Gasteiger partial charge in [0.1, 0.15) is 4.88 Å². The molecule has 0 aliphatic rings. The molecule has 4 nitrogen and oxygen atoms in total. The molecule has 0 saturated carbocycles. The molecule has 0 unspecified atom stereocenters. The van der Waals surface area contributed by atoms with Gasteiger partial charge in [0, 0.05) is 11.8 Å². The van der Waals surface area contributed by atoms with E-state index in [0.29, 0.717) is 17.5 Å². The van der Waals surface area contributed by atoms with E-state index in [1.807, 2.05) is 0 Å². The number of carboxylic acids is 1. The van der Waals surface area contributed by atoms with Crippen molar-refractivity contribution in [3.8, 4) is 10.6 Å². The topological polar surface area (TPSA) is 67.3 Å². The normalized spacial score (nSPS) is 10.0. The summed E-state index contributed by atoms with van der Waals surface area (Å²) >= 11 is 1.16. The van der Waals surface area contributed by atoms with Gasteiger partial charge in [0.15, 0.2) is 6.29 Å². The summed E-state index contributed by atoms with van der Waals surface area (Å²) < 4.78 is 0. The van der Waals surface area contributed by atoms with Crippen molar-refractivity contribution >= 4 is 23.6 Å². The first-order valence-corrected chi connectivity index (χ1v) is 5.27. The summed E-state index contributed by atoms with van der Waals surface area (Å²) in [5.74, 6) is -0.944. The maximum Gasteiger partial charge on any atom is 0.345 e. The Morgan fingerprint density at radius 1 is 1.31 bits per heavy atom. The second-order valence-corrected chi connectivity index (χ2v) is 4.15. The van der Waals surface area contributed by atoms with E-state index in [0.717, 1.165) is 16.2 Å². The summed E-state index contributed by atoms with van der Waals surface area (Å²) in [5, 5.41) is 8.77. The van der Waals surface area contributed by atoms with Gasteiger partial charge in [-0.15, -0.1) is 11.3 Å². The van der Waals surface area contributed by atoms with Crippen molar-refractivity contribution in [1.82, 2.24) is 4.98 Å². The minimum atomic E-state index is -0.944. The van der Waals surface area contributed by atoms with Crippen molar-refractivity contribution in [1.29, 1.82) is 0 Å². The molecule has 0 saturated heterocycles. The Kier molecular flexibility index (Phi) is 2.78. The van der Waals surface area contributed by atoms with Crippen LogP contribution in [0.15, 0.2) is 30.5 Å². The largest absolute Gasteiger partial charge is 0.477 e. The molecule has 80 valence electrons. The molecule has 0 radical (unpaired) electrons. The molecule has 0 atom stereocenters. The number of rotatable bonds is 3. The third-order valence-electron chi connectivity index (χ3n) is 1.99. The molecular weight excluding hydrogens is 226 g/mol. The van der Waals surface area contributed by atoms with E-state index >= 15 is 0 Å². The Labute approximate surface area is 95.2 Å². The van der Waals surface area contributed by atoms with Gasteiger partial charge < -0.3 is 5.11 Å². The molecule has 0 aromatic carbocycles. The van der Waals surface area contributed by atoms with E-state index in [4.69, 9.17) is 5.11 Å². The van der Waals surface area contributed by atoms with Crippen LogP contribution in [-0.2, 0) is 0 Å². The fraction of sp³-hybridized carbons (Fsp3) is 0. The lowest BCUT2D eigenvalue weighted by Gasteiger charge is -1.95. The number of hydrogen-bond donors (Lipinski definition) is 1. The predicted molar refractivity (Wildman–Crippen MR) is 59.9 cm³/mol. The van der Waals surface area contributed by atoms with Gasteiger partial charge in [-0.05, 0) is 24.3 Å². The van der Waals surface area contributed by atoms with Gasteiger partial charge in [0.05, 0.1) is 10.6 Å². The highest BCUT2D eigenvalue weighted by atomic mass is 32.1. The first-order valence-electron chi connectivity index (χ1n) is 4.45. The number of aldehydes is 1. The number of aromatic nitrogens is 1. The van der Waals surface area contributed by atoms with Crippen molar-refractivity contribution in [2.24, 2.45) is 0 Å². The van der Waals surface area contributed by atoms with E-state index in [9.17, 15) is 9.59 Å². The Hall–Kier alpha value is -2.01. The van der Waals surface area contributed by atoms with E-state index < -0.39 is 5.97 Å². The minimum absolute atomic E-state index is 0.274. The van der Waals surface area contributed by atoms with Crippen molar-refractivity contribution in [3.05, 3.63) is 40.9 Å². The van der Waals surface area contributed by atoms with Crippen LogP contribution in [0.25, 0.3) is 10.6 Å². The van der Waals surface area contributed by atoms with Gasteiger partial charge in [-0.25, -0.2) is 4.79 Å². The molecule has 2 rings (SSSR count). The van der Waals surface area contributed by atoms with Gasteiger partial charge >= 0.3 is 5.97 Å². The SMILES string of the molecule is O=Cc1ccc(-c2ccc(C(=O)O)s2)nc1. The summed E-state index contributed by atoms with van der Waals surface area (Å²) in [6.07, 6.45) is 2.18.